The van der Waals surface area contributed by atoms with Gasteiger partial charge in [0.25, 0.3) is 0 Å². The van der Waals surface area contributed by atoms with Crippen LogP contribution in [0.4, 0.5) is 0 Å². The summed E-state index contributed by atoms with van der Waals surface area (Å²) >= 11 is 1.87. The van der Waals surface area contributed by atoms with E-state index in [1.807, 2.05) is 22.7 Å². The van der Waals surface area contributed by atoms with Crippen molar-refractivity contribution < 1.29 is 9.59 Å². The molecule has 1 N–H and O–H groups in total. The molecule has 2 amide bonds. The molecule has 2 unspecified atom stereocenters. The molecule has 2 heterocycles. The van der Waals surface area contributed by atoms with Crippen LogP contribution in [0.3, 0.4) is 0 Å². The summed E-state index contributed by atoms with van der Waals surface area (Å²) in [5.74, 6) is 1.62. The van der Waals surface area contributed by atoms with Gasteiger partial charge in [0, 0.05) is 29.7 Å². The molecule has 1 aromatic carbocycles. The number of benzene rings is 1. The van der Waals surface area contributed by atoms with Crippen molar-refractivity contribution in [2.24, 2.45) is 11.8 Å². The van der Waals surface area contributed by atoms with Crippen molar-refractivity contribution in [2.75, 3.05) is 18.8 Å². The highest BCUT2D eigenvalue weighted by molar-refractivity contribution is 7.99. The molecule has 0 aromatic heterocycles. The molecular weight excluding hydrogens is 320 g/mol. The van der Waals surface area contributed by atoms with Gasteiger partial charge in [-0.3, -0.25) is 9.59 Å². The fourth-order valence-corrected chi connectivity index (χ4v) is 4.89. The minimum Gasteiger partial charge on any atom is -0.349 e. The first kappa shape index (κ1) is 16.0. The lowest BCUT2D eigenvalue weighted by atomic mass is 9.95. The molecule has 5 heteroatoms. The van der Waals surface area contributed by atoms with E-state index in [1.165, 1.54) is 10.5 Å². The Balaban J connectivity index is 1.40. The predicted octanol–water partition coefficient (Wildman–Crippen LogP) is 2.99. The summed E-state index contributed by atoms with van der Waals surface area (Å²) in [4.78, 5) is 28.3. The van der Waals surface area contributed by atoms with Crippen LogP contribution in [0.1, 0.15) is 43.7 Å². The molecule has 1 aliphatic carbocycles. The number of carbonyl (C=O) groups excluding carboxylic acids is 2. The third-order valence-corrected chi connectivity index (χ3v) is 6.43. The van der Waals surface area contributed by atoms with Crippen molar-refractivity contribution in [1.29, 1.82) is 0 Å². The monoisotopic (exact) mass is 344 g/mol. The van der Waals surface area contributed by atoms with Gasteiger partial charge >= 0.3 is 0 Å². The number of piperidine rings is 1. The number of hydrogen-bond donors (Lipinski definition) is 1. The first-order valence-corrected chi connectivity index (χ1v) is 10.0. The van der Waals surface area contributed by atoms with Crippen LogP contribution in [-0.4, -0.2) is 35.6 Å². The van der Waals surface area contributed by atoms with Crippen LogP contribution in [0.25, 0.3) is 0 Å². The van der Waals surface area contributed by atoms with Gasteiger partial charge in [-0.2, -0.15) is 0 Å². The predicted molar refractivity (Wildman–Crippen MR) is 94.7 cm³/mol. The molecule has 2 aliphatic heterocycles. The van der Waals surface area contributed by atoms with Gasteiger partial charge in [-0.1, -0.05) is 18.2 Å². The summed E-state index contributed by atoms with van der Waals surface area (Å²) < 4.78 is 0. The maximum atomic E-state index is 12.8. The van der Waals surface area contributed by atoms with Gasteiger partial charge in [0.05, 0.1) is 12.0 Å². The minimum absolute atomic E-state index is 0.0526. The SMILES string of the molecule is O=C(NC1CCSc2ccccc21)C1CCCN(C(=O)C2CC2)C1. The lowest BCUT2D eigenvalue weighted by molar-refractivity contribution is -0.137. The average molecular weight is 344 g/mol. The lowest BCUT2D eigenvalue weighted by Gasteiger charge is -2.34. The fraction of sp³-hybridized carbons (Fsp3) is 0.579. The van der Waals surface area contributed by atoms with E-state index in [9.17, 15) is 9.59 Å². The molecule has 0 spiro atoms. The fourth-order valence-electron chi connectivity index (χ4n) is 3.76. The maximum absolute atomic E-state index is 12.8. The molecule has 4 nitrogen and oxygen atoms in total. The van der Waals surface area contributed by atoms with Crippen molar-refractivity contribution in [2.45, 2.75) is 43.0 Å². The summed E-state index contributed by atoms with van der Waals surface area (Å²) in [6, 6.07) is 8.47. The van der Waals surface area contributed by atoms with Gasteiger partial charge < -0.3 is 10.2 Å². The van der Waals surface area contributed by atoms with Crippen molar-refractivity contribution in [3.8, 4) is 0 Å². The molecule has 2 fully saturated rings. The highest BCUT2D eigenvalue weighted by Crippen LogP contribution is 2.36. The highest BCUT2D eigenvalue weighted by atomic mass is 32.2. The van der Waals surface area contributed by atoms with Gasteiger partial charge in [-0.15, -0.1) is 11.8 Å². The average Bonchev–Trinajstić information content (AvgIpc) is 3.47. The Hall–Kier alpha value is -1.49. The van der Waals surface area contributed by atoms with Crippen LogP contribution < -0.4 is 5.32 Å². The van der Waals surface area contributed by atoms with Crippen LogP contribution >= 0.6 is 11.8 Å². The largest absolute Gasteiger partial charge is 0.349 e. The number of rotatable bonds is 3. The van der Waals surface area contributed by atoms with E-state index in [0.29, 0.717) is 6.54 Å². The van der Waals surface area contributed by atoms with Gasteiger partial charge in [0.2, 0.25) is 11.8 Å². The zero-order valence-corrected chi connectivity index (χ0v) is 14.7. The van der Waals surface area contributed by atoms with Gasteiger partial charge in [-0.05, 0) is 43.7 Å². The Bertz CT molecular complexity index is 644. The Morgan fingerprint density at radius 3 is 2.75 bits per heavy atom. The zero-order chi connectivity index (χ0) is 16.5. The second-order valence-electron chi connectivity index (χ2n) is 7.13. The van der Waals surface area contributed by atoms with E-state index in [1.54, 1.807) is 0 Å². The molecule has 2 atom stereocenters. The van der Waals surface area contributed by atoms with Crippen molar-refractivity contribution in [1.82, 2.24) is 10.2 Å². The Labute approximate surface area is 147 Å². The summed E-state index contributed by atoms with van der Waals surface area (Å²) in [6.07, 6.45) is 4.87. The molecule has 128 valence electrons. The first-order valence-electron chi connectivity index (χ1n) is 9.03. The van der Waals surface area contributed by atoms with Crippen LogP contribution in [0, 0.1) is 11.8 Å². The minimum atomic E-state index is -0.0526. The molecule has 4 rings (SSSR count). The van der Waals surface area contributed by atoms with Crippen LogP contribution in [0.15, 0.2) is 29.2 Å². The number of nitrogens with zero attached hydrogens (tertiary/aromatic N) is 1. The number of carbonyl (C=O) groups is 2. The quantitative estimate of drug-likeness (QED) is 0.917. The summed E-state index contributed by atoms with van der Waals surface area (Å²) in [5, 5.41) is 3.26. The Morgan fingerprint density at radius 2 is 1.92 bits per heavy atom. The van der Waals surface area contributed by atoms with Crippen LogP contribution in [0.5, 0.6) is 0 Å². The summed E-state index contributed by atoms with van der Waals surface area (Å²) in [7, 11) is 0. The van der Waals surface area contributed by atoms with Crippen LogP contribution in [-0.2, 0) is 9.59 Å². The third kappa shape index (κ3) is 3.32. The van der Waals surface area contributed by atoms with E-state index in [0.717, 1.165) is 44.4 Å². The van der Waals surface area contributed by atoms with E-state index >= 15 is 0 Å². The van der Waals surface area contributed by atoms with E-state index in [-0.39, 0.29) is 29.7 Å². The molecule has 24 heavy (non-hydrogen) atoms. The maximum Gasteiger partial charge on any atom is 0.225 e. The zero-order valence-electron chi connectivity index (χ0n) is 13.9. The van der Waals surface area contributed by atoms with Crippen molar-refractivity contribution >= 4 is 23.6 Å². The molecule has 1 saturated carbocycles. The standard InChI is InChI=1S/C19H24N2O2S/c22-18(14-4-3-10-21(12-14)19(23)13-7-8-13)20-16-9-11-24-17-6-2-1-5-15(16)17/h1-2,5-6,13-14,16H,3-4,7-12H2,(H,20,22). The molecular formula is C19H24N2O2S. The Kier molecular flexibility index (Phi) is 4.53. The smallest absolute Gasteiger partial charge is 0.225 e. The molecule has 0 bridgehead atoms. The number of hydrogen-bond acceptors (Lipinski definition) is 3. The highest BCUT2D eigenvalue weighted by Gasteiger charge is 2.37. The number of thioether (sulfide) groups is 1. The van der Waals surface area contributed by atoms with Gasteiger partial charge in [0.15, 0.2) is 0 Å². The second kappa shape index (κ2) is 6.79. The molecule has 1 saturated heterocycles. The van der Waals surface area contributed by atoms with Gasteiger partial charge in [0.1, 0.15) is 0 Å². The molecule has 1 aromatic rings. The summed E-state index contributed by atoms with van der Waals surface area (Å²) in [6.45, 7) is 1.42. The van der Waals surface area contributed by atoms with E-state index in [4.69, 9.17) is 0 Å². The number of amides is 2. The topological polar surface area (TPSA) is 49.4 Å². The molecule has 3 aliphatic rings. The van der Waals surface area contributed by atoms with Crippen molar-refractivity contribution in [3.05, 3.63) is 29.8 Å². The van der Waals surface area contributed by atoms with Crippen LogP contribution in [0.2, 0.25) is 0 Å². The number of nitrogens with one attached hydrogen (secondary N) is 1. The summed E-state index contributed by atoms with van der Waals surface area (Å²) in [5.41, 5.74) is 1.24. The number of fused-ring (bicyclic) bond motifs is 1. The normalized spacial score (nSPS) is 26.6. The third-order valence-electron chi connectivity index (χ3n) is 5.31. The lowest BCUT2D eigenvalue weighted by Crippen LogP contribution is -2.46. The second-order valence-corrected chi connectivity index (χ2v) is 8.27. The molecule has 0 radical (unpaired) electrons. The Morgan fingerprint density at radius 1 is 1.08 bits per heavy atom. The number of likely N-dealkylation sites (tertiary alicyclic amines) is 1. The van der Waals surface area contributed by atoms with E-state index in [2.05, 4.69) is 23.5 Å². The van der Waals surface area contributed by atoms with Crippen molar-refractivity contribution in [3.63, 3.8) is 0 Å². The first-order chi connectivity index (χ1) is 11.7. The van der Waals surface area contributed by atoms with Gasteiger partial charge in [-0.25, -0.2) is 0 Å². The van der Waals surface area contributed by atoms with E-state index < -0.39 is 0 Å².